The molecule has 0 aliphatic carbocycles. The first kappa shape index (κ1) is 23.7. The second kappa shape index (κ2) is 10.5. The summed E-state index contributed by atoms with van der Waals surface area (Å²) in [5, 5.41) is 0. The molecule has 0 heterocycles. The summed E-state index contributed by atoms with van der Waals surface area (Å²) < 4.78 is 12.0. The van der Waals surface area contributed by atoms with Crippen molar-refractivity contribution in [3.8, 4) is 11.5 Å². The normalized spacial score (nSPS) is 12.1. The zero-order valence-corrected chi connectivity index (χ0v) is 19.6. The van der Waals surface area contributed by atoms with Crippen molar-refractivity contribution >= 4 is 27.7 Å². The summed E-state index contributed by atoms with van der Waals surface area (Å²) in [6, 6.07) is 13.2. The number of carbonyl (C=O) groups excluding carboxylic acids is 2. The van der Waals surface area contributed by atoms with Crippen molar-refractivity contribution in [3.63, 3.8) is 0 Å². The fourth-order valence-electron chi connectivity index (χ4n) is 2.58. The van der Waals surface area contributed by atoms with E-state index in [4.69, 9.17) is 9.47 Å². The highest BCUT2D eigenvalue weighted by Gasteiger charge is 2.19. The number of amides is 2. The Labute approximate surface area is 186 Å². The third kappa shape index (κ3) is 7.06. The van der Waals surface area contributed by atoms with Crippen molar-refractivity contribution in [2.75, 3.05) is 6.61 Å². The Morgan fingerprint density at radius 1 is 1.07 bits per heavy atom. The average molecular weight is 477 g/mol. The molecule has 0 saturated heterocycles. The second-order valence-corrected chi connectivity index (χ2v) is 8.90. The lowest BCUT2D eigenvalue weighted by Crippen LogP contribution is -2.49. The molecule has 1 atom stereocenters. The van der Waals surface area contributed by atoms with Gasteiger partial charge in [0, 0.05) is 0 Å². The van der Waals surface area contributed by atoms with Gasteiger partial charge in [0.2, 0.25) is 0 Å². The highest BCUT2D eigenvalue weighted by molar-refractivity contribution is 9.10. The molecular weight excluding hydrogens is 448 g/mol. The second-order valence-electron chi connectivity index (χ2n) is 8.05. The highest BCUT2D eigenvalue weighted by atomic mass is 79.9. The summed E-state index contributed by atoms with van der Waals surface area (Å²) in [7, 11) is 0. The van der Waals surface area contributed by atoms with E-state index in [1.54, 1.807) is 12.1 Å². The number of rotatable bonds is 7. The maximum atomic E-state index is 12.3. The highest BCUT2D eigenvalue weighted by Crippen LogP contribution is 2.31. The average Bonchev–Trinajstić information content (AvgIpc) is 2.69. The van der Waals surface area contributed by atoms with E-state index in [0.29, 0.717) is 17.9 Å². The first-order valence-corrected chi connectivity index (χ1v) is 10.6. The molecule has 0 aliphatic rings. The Morgan fingerprint density at radius 3 is 2.30 bits per heavy atom. The van der Waals surface area contributed by atoms with Crippen LogP contribution >= 0.6 is 15.9 Å². The molecule has 0 fully saturated rings. The Kier molecular flexibility index (Phi) is 8.29. The molecule has 0 spiro atoms. The number of nitrogens with one attached hydrogen (secondary N) is 2. The monoisotopic (exact) mass is 476 g/mol. The van der Waals surface area contributed by atoms with Crippen molar-refractivity contribution < 1.29 is 19.1 Å². The largest absolute Gasteiger partial charge is 0.483 e. The van der Waals surface area contributed by atoms with Crippen LogP contribution < -0.4 is 20.3 Å². The molecule has 2 amide bonds. The number of benzene rings is 2. The standard InChI is InChI=1S/C23H29BrN2O4/c1-6-19(30-17-10-7-15(2)8-11-17)22(28)26-25-21(27)14-29-20-12-9-16(13-18(20)24)23(3,4)5/h7-13,19H,6,14H2,1-5H3,(H,25,27)(H,26,28). The van der Waals surface area contributed by atoms with Gasteiger partial charge in [-0.15, -0.1) is 0 Å². The van der Waals surface area contributed by atoms with Gasteiger partial charge in [0.1, 0.15) is 11.5 Å². The zero-order chi connectivity index (χ0) is 22.3. The van der Waals surface area contributed by atoms with Crippen LogP contribution in [0, 0.1) is 6.92 Å². The first-order chi connectivity index (χ1) is 14.1. The molecule has 0 aromatic heterocycles. The number of hydrogen-bond acceptors (Lipinski definition) is 4. The topological polar surface area (TPSA) is 76.7 Å². The molecule has 2 aromatic rings. The van der Waals surface area contributed by atoms with Crippen LogP contribution in [0.5, 0.6) is 11.5 Å². The van der Waals surface area contributed by atoms with E-state index in [2.05, 4.69) is 47.6 Å². The minimum absolute atomic E-state index is 0.0131. The third-order valence-electron chi connectivity index (χ3n) is 4.44. The van der Waals surface area contributed by atoms with Crippen molar-refractivity contribution in [1.29, 1.82) is 0 Å². The number of carbonyl (C=O) groups is 2. The number of halogens is 1. The fraction of sp³-hybridized carbons (Fsp3) is 0.391. The lowest BCUT2D eigenvalue weighted by atomic mass is 9.87. The van der Waals surface area contributed by atoms with Gasteiger partial charge >= 0.3 is 0 Å². The third-order valence-corrected chi connectivity index (χ3v) is 5.06. The number of hydrazine groups is 1. The van der Waals surface area contributed by atoms with Crippen LogP contribution in [-0.2, 0) is 15.0 Å². The molecule has 6 nitrogen and oxygen atoms in total. The summed E-state index contributed by atoms with van der Waals surface area (Å²) in [6.45, 7) is 9.95. The Morgan fingerprint density at radius 2 is 1.73 bits per heavy atom. The van der Waals surface area contributed by atoms with Crippen molar-refractivity contribution in [1.82, 2.24) is 10.9 Å². The predicted molar refractivity (Wildman–Crippen MR) is 121 cm³/mol. The Balaban J connectivity index is 1.83. The predicted octanol–water partition coefficient (Wildman–Crippen LogP) is 4.44. The Bertz CT molecular complexity index is 876. The van der Waals surface area contributed by atoms with Crippen LogP contribution in [0.2, 0.25) is 0 Å². The van der Waals surface area contributed by atoms with Gasteiger partial charge in [0.05, 0.1) is 4.47 Å². The van der Waals surface area contributed by atoms with Gasteiger partial charge in [0.15, 0.2) is 12.7 Å². The molecule has 0 aliphatic heterocycles. The van der Waals surface area contributed by atoms with Crippen LogP contribution in [-0.4, -0.2) is 24.5 Å². The number of aryl methyl sites for hydroxylation is 1. The van der Waals surface area contributed by atoms with Gasteiger partial charge in [-0.25, -0.2) is 0 Å². The number of hydrogen-bond donors (Lipinski definition) is 2. The van der Waals surface area contributed by atoms with E-state index in [9.17, 15) is 9.59 Å². The van der Waals surface area contributed by atoms with E-state index < -0.39 is 17.9 Å². The van der Waals surface area contributed by atoms with Crippen LogP contribution in [0.4, 0.5) is 0 Å². The molecule has 2 N–H and O–H groups in total. The van der Waals surface area contributed by atoms with E-state index in [1.807, 2.05) is 44.2 Å². The van der Waals surface area contributed by atoms with Gasteiger partial charge in [0.25, 0.3) is 11.8 Å². The zero-order valence-electron chi connectivity index (χ0n) is 18.0. The molecule has 0 bridgehead atoms. The van der Waals surface area contributed by atoms with Gasteiger partial charge in [-0.05, 0) is 64.5 Å². The van der Waals surface area contributed by atoms with Gasteiger partial charge in [-0.1, -0.05) is 51.5 Å². The van der Waals surface area contributed by atoms with Crippen molar-refractivity contribution in [2.24, 2.45) is 0 Å². The van der Waals surface area contributed by atoms with E-state index in [0.717, 1.165) is 15.6 Å². The maximum Gasteiger partial charge on any atom is 0.279 e. The molecule has 2 rings (SSSR count). The molecule has 2 aromatic carbocycles. The van der Waals surface area contributed by atoms with Crippen LogP contribution in [0.1, 0.15) is 45.2 Å². The van der Waals surface area contributed by atoms with Crippen LogP contribution in [0.25, 0.3) is 0 Å². The lowest BCUT2D eigenvalue weighted by molar-refractivity contribution is -0.134. The van der Waals surface area contributed by atoms with Crippen molar-refractivity contribution in [3.05, 3.63) is 58.1 Å². The summed E-state index contributed by atoms with van der Waals surface area (Å²) in [5.41, 5.74) is 7.02. The van der Waals surface area contributed by atoms with Gasteiger partial charge in [-0.3, -0.25) is 20.4 Å². The first-order valence-electron chi connectivity index (χ1n) is 9.85. The van der Waals surface area contributed by atoms with E-state index >= 15 is 0 Å². The molecule has 30 heavy (non-hydrogen) atoms. The van der Waals surface area contributed by atoms with Crippen LogP contribution in [0.15, 0.2) is 46.9 Å². The minimum atomic E-state index is -0.715. The maximum absolute atomic E-state index is 12.3. The molecular formula is C23H29BrN2O4. The van der Waals surface area contributed by atoms with Crippen LogP contribution in [0.3, 0.4) is 0 Å². The number of ether oxygens (including phenoxy) is 2. The SMILES string of the molecule is CCC(Oc1ccc(C)cc1)C(=O)NNC(=O)COc1ccc(C(C)(C)C)cc1Br. The minimum Gasteiger partial charge on any atom is -0.483 e. The fourth-order valence-corrected chi connectivity index (χ4v) is 3.07. The lowest BCUT2D eigenvalue weighted by Gasteiger charge is -2.20. The van der Waals surface area contributed by atoms with E-state index in [1.165, 1.54) is 0 Å². The summed E-state index contributed by atoms with van der Waals surface area (Å²) in [6.07, 6.45) is -0.257. The Hall–Kier alpha value is -2.54. The molecule has 7 heteroatoms. The van der Waals surface area contributed by atoms with Gasteiger partial charge < -0.3 is 9.47 Å². The summed E-state index contributed by atoms with van der Waals surface area (Å²) in [4.78, 5) is 24.4. The smallest absolute Gasteiger partial charge is 0.279 e. The summed E-state index contributed by atoms with van der Waals surface area (Å²) in [5.74, 6) is 0.252. The van der Waals surface area contributed by atoms with E-state index in [-0.39, 0.29) is 12.0 Å². The molecule has 162 valence electrons. The molecule has 0 saturated carbocycles. The summed E-state index contributed by atoms with van der Waals surface area (Å²) >= 11 is 3.47. The van der Waals surface area contributed by atoms with Crippen molar-refractivity contribution in [2.45, 2.75) is 52.6 Å². The quantitative estimate of drug-likeness (QED) is 0.579. The molecule has 0 radical (unpaired) electrons. The molecule has 1 unspecified atom stereocenters. The van der Waals surface area contributed by atoms with Gasteiger partial charge in [-0.2, -0.15) is 0 Å².